The Morgan fingerprint density at radius 2 is 2.06 bits per heavy atom. The molecule has 1 aromatic heterocycles. The van der Waals surface area contributed by atoms with Crippen molar-refractivity contribution in [1.29, 1.82) is 0 Å². The van der Waals surface area contributed by atoms with Crippen LogP contribution < -0.4 is 11.1 Å². The Hall–Kier alpha value is -1.88. The van der Waals surface area contributed by atoms with Crippen LogP contribution in [0.15, 0.2) is 24.3 Å². The number of hydrogen-bond acceptors (Lipinski definition) is 4. The van der Waals surface area contributed by atoms with E-state index in [0.717, 1.165) is 5.69 Å². The van der Waals surface area contributed by atoms with Gasteiger partial charge in [0.05, 0.1) is 5.02 Å². The second kappa shape index (κ2) is 4.55. The molecular weight excluding hydrogens is 243 g/mol. The molecule has 0 fully saturated rings. The lowest BCUT2D eigenvalue weighted by molar-refractivity contribution is 0.629. The first-order valence-electron chi connectivity index (χ1n) is 4.88. The molecular formula is C11H10ClFN4. The molecule has 0 saturated carbocycles. The minimum absolute atomic E-state index is 0.0777. The average molecular weight is 253 g/mol. The van der Waals surface area contributed by atoms with Gasteiger partial charge in [-0.3, -0.25) is 0 Å². The minimum Gasteiger partial charge on any atom is -0.368 e. The lowest BCUT2D eigenvalue weighted by atomic mass is 10.3. The fourth-order valence-corrected chi connectivity index (χ4v) is 1.49. The summed E-state index contributed by atoms with van der Waals surface area (Å²) in [5.41, 5.74) is 6.79. The molecule has 4 nitrogen and oxygen atoms in total. The number of nitrogens with two attached hydrogens (primary N) is 1. The Labute approximate surface area is 103 Å². The molecule has 0 bridgehead atoms. The predicted octanol–water partition coefficient (Wildman–Crippen LogP) is 2.90. The number of nitrogens with zero attached hydrogens (tertiary/aromatic N) is 2. The normalized spacial score (nSPS) is 10.3. The molecule has 3 N–H and O–H groups in total. The first-order chi connectivity index (χ1) is 8.04. The van der Waals surface area contributed by atoms with Gasteiger partial charge in [0.15, 0.2) is 0 Å². The topological polar surface area (TPSA) is 63.8 Å². The molecule has 6 heteroatoms. The van der Waals surface area contributed by atoms with Gasteiger partial charge >= 0.3 is 0 Å². The molecule has 2 aromatic rings. The van der Waals surface area contributed by atoms with Crippen LogP contribution in [0.3, 0.4) is 0 Å². The van der Waals surface area contributed by atoms with E-state index in [-0.39, 0.29) is 11.0 Å². The molecule has 2 rings (SSSR count). The van der Waals surface area contributed by atoms with Crippen molar-refractivity contribution in [3.05, 3.63) is 40.8 Å². The molecule has 0 aliphatic heterocycles. The Balaban J connectivity index is 2.28. The molecule has 88 valence electrons. The molecule has 0 saturated heterocycles. The highest BCUT2D eigenvalue weighted by Crippen LogP contribution is 2.21. The third-order valence-corrected chi connectivity index (χ3v) is 2.37. The van der Waals surface area contributed by atoms with Gasteiger partial charge in [-0.25, -0.2) is 9.37 Å². The largest absolute Gasteiger partial charge is 0.368 e. The monoisotopic (exact) mass is 252 g/mol. The van der Waals surface area contributed by atoms with Gasteiger partial charge < -0.3 is 11.1 Å². The molecule has 1 heterocycles. The number of nitrogens with one attached hydrogen (secondary N) is 1. The smallest absolute Gasteiger partial charge is 0.222 e. The van der Waals surface area contributed by atoms with E-state index in [1.165, 1.54) is 12.1 Å². The standard InChI is InChI=1S/C11H10ClFN4/c1-6-4-10(17-11(14)15-6)16-7-2-3-8(12)9(13)5-7/h2-5H,1H3,(H3,14,15,16,17). The summed E-state index contributed by atoms with van der Waals surface area (Å²) in [6.07, 6.45) is 0. The lowest BCUT2D eigenvalue weighted by Crippen LogP contribution is -2.01. The number of aryl methyl sites for hydroxylation is 1. The fraction of sp³-hybridized carbons (Fsp3) is 0.0909. The summed E-state index contributed by atoms with van der Waals surface area (Å²) < 4.78 is 13.2. The van der Waals surface area contributed by atoms with Gasteiger partial charge in [-0.15, -0.1) is 0 Å². The second-order valence-corrected chi connectivity index (χ2v) is 3.91. The Morgan fingerprint density at radius 1 is 1.29 bits per heavy atom. The van der Waals surface area contributed by atoms with Crippen molar-refractivity contribution in [3.63, 3.8) is 0 Å². The van der Waals surface area contributed by atoms with Crippen molar-refractivity contribution in [2.45, 2.75) is 6.92 Å². The molecule has 0 spiro atoms. The van der Waals surface area contributed by atoms with Crippen molar-refractivity contribution >= 4 is 29.1 Å². The van der Waals surface area contributed by atoms with Crippen molar-refractivity contribution in [2.75, 3.05) is 11.1 Å². The highest BCUT2D eigenvalue weighted by Gasteiger charge is 2.03. The van der Waals surface area contributed by atoms with Gasteiger partial charge in [0, 0.05) is 17.4 Å². The van der Waals surface area contributed by atoms with Crippen LogP contribution in [0, 0.1) is 12.7 Å². The number of halogens is 2. The van der Waals surface area contributed by atoms with Gasteiger partial charge in [-0.1, -0.05) is 11.6 Å². The number of aromatic nitrogens is 2. The zero-order valence-electron chi connectivity index (χ0n) is 9.04. The molecule has 0 amide bonds. The highest BCUT2D eigenvalue weighted by atomic mass is 35.5. The number of nitrogen functional groups attached to an aromatic ring is 1. The third kappa shape index (κ3) is 2.82. The van der Waals surface area contributed by atoms with Crippen LogP contribution in [-0.2, 0) is 0 Å². The van der Waals surface area contributed by atoms with Crippen LogP contribution in [0.5, 0.6) is 0 Å². The second-order valence-electron chi connectivity index (χ2n) is 3.51. The maximum atomic E-state index is 13.2. The van der Waals surface area contributed by atoms with Gasteiger partial charge in [0.2, 0.25) is 5.95 Å². The predicted molar refractivity (Wildman–Crippen MR) is 65.9 cm³/mol. The number of anilines is 3. The van der Waals surface area contributed by atoms with E-state index >= 15 is 0 Å². The van der Waals surface area contributed by atoms with Crippen molar-refractivity contribution in [3.8, 4) is 0 Å². The van der Waals surface area contributed by atoms with Crippen LogP contribution in [0.25, 0.3) is 0 Å². The summed E-state index contributed by atoms with van der Waals surface area (Å²) in [6, 6.07) is 6.12. The van der Waals surface area contributed by atoms with Crippen LogP contribution in [-0.4, -0.2) is 9.97 Å². The summed E-state index contributed by atoms with van der Waals surface area (Å²) in [6.45, 7) is 1.80. The van der Waals surface area contributed by atoms with E-state index in [1.807, 2.05) is 0 Å². The maximum absolute atomic E-state index is 13.2. The van der Waals surface area contributed by atoms with E-state index in [1.54, 1.807) is 19.1 Å². The van der Waals surface area contributed by atoms with Gasteiger partial charge in [-0.05, 0) is 25.1 Å². The minimum atomic E-state index is -0.490. The van der Waals surface area contributed by atoms with Crippen molar-refractivity contribution in [1.82, 2.24) is 9.97 Å². The molecule has 0 aliphatic carbocycles. The molecule has 0 aliphatic rings. The van der Waals surface area contributed by atoms with Crippen LogP contribution in [0.4, 0.5) is 21.8 Å². The van der Waals surface area contributed by atoms with Crippen LogP contribution in [0.1, 0.15) is 5.69 Å². The quantitative estimate of drug-likeness (QED) is 0.863. The SMILES string of the molecule is Cc1cc(Nc2ccc(Cl)c(F)c2)nc(N)n1. The summed E-state index contributed by atoms with van der Waals surface area (Å²) in [5.74, 6) is 0.189. The van der Waals surface area contributed by atoms with E-state index < -0.39 is 5.82 Å². The van der Waals surface area contributed by atoms with Gasteiger partial charge in [0.25, 0.3) is 0 Å². The molecule has 1 aromatic carbocycles. The highest BCUT2D eigenvalue weighted by molar-refractivity contribution is 6.30. The number of rotatable bonds is 2. The van der Waals surface area contributed by atoms with Crippen LogP contribution >= 0.6 is 11.6 Å². The molecule has 0 atom stereocenters. The lowest BCUT2D eigenvalue weighted by Gasteiger charge is -2.07. The van der Waals surface area contributed by atoms with E-state index in [9.17, 15) is 4.39 Å². The van der Waals surface area contributed by atoms with Crippen molar-refractivity contribution in [2.24, 2.45) is 0 Å². The molecule has 0 radical (unpaired) electrons. The zero-order valence-corrected chi connectivity index (χ0v) is 9.79. The summed E-state index contributed by atoms with van der Waals surface area (Å²) in [4.78, 5) is 7.92. The zero-order chi connectivity index (χ0) is 12.4. The van der Waals surface area contributed by atoms with E-state index in [4.69, 9.17) is 17.3 Å². The molecule has 0 unspecified atom stereocenters. The summed E-state index contributed by atoms with van der Waals surface area (Å²) in [5, 5.41) is 3.00. The average Bonchev–Trinajstić information content (AvgIpc) is 2.22. The maximum Gasteiger partial charge on any atom is 0.222 e. The fourth-order valence-electron chi connectivity index (χ4n) is 1.38. The Bertz CT molecular complexity index is 539. The van der Waals surface area contributed by atoms with Crippen molar-refractivity contribution < 1.29 is 4.39 Å². The van der Waals surface area contributed by atoms with Gasteiger partial charge in [-0.2, -0.15) is 4.98 Å². The molecule has 17 heavy (non-hydrogen) atoms. The van der Waals surface area contributed by atoms with E-state index in [0.29, 0.717) is 11.5 Å². The first-order valence-corrected chi connectivity index (χ1v) is 5.25. The van der Waals surface area contributed by atoms with E-state index in [2.05, 4.69) is 15.3 Å². The Kier molecular flexibility index (Phi) is 3.10. The summed E-state index contributed by atoms with van der Waals surface area (Å²) >= 11 is 5.59. The number of benzene rings is 1. The number of hydrogen-bond donors (Lipinski definition) is 2. The van der Waals surface area contributed by atoms with Gasteiger partial charge in [0.1, 0.15) is 11.6 Å². The summed E-state index contributed by atoms with van der Waals surface area (Å²) in [7, 11) is 0. The van der Waals surface area contributed by atoms with Crippen LogP contribution in [0.2, 0.25) is 5.02 Å². The third-order valence-electron chi connectivity index (χ3n) is 2.06. The first kappa shape index (κ1) is 11.6. The Morgan fingerprint density at radius 3 is 2.71 bits per heavy atom.